The van der Waals surface area contributed by atoms with E-state index in [9.17, 15) is 14.0 Å². The Morgan fingerprint density at radius 1 is 1.22 bits per heavy atom. The van der Waals surface area contributed by atoms with Gasteiger partial charge in [0.05, 0.1) is 12.2 Å². The molecule has 0 aromatic carbocycles. The van der Waals surface area contributed by atoms with Crippen molar-refractivity contribution in [2.45, 2.75) is 51.1 Å². The van der Waals surface area contributed by atoms with Gasteiger partial charge >= 0.3 is 5.97 Å². The number of carbonyl (C=O) groups is 2. The van der Waals surface area contributed by atoms with Crippen molar-refractivity contribution in [2.24, 2.45) is 11.7 Å². The SMILES string of the molecule is CC(C)C(N)C(=O)OCC(=O)NCc1cnc(-c2ccc(NCC3(c4ncccc4F)CCC3)nn2)s1. The Labute approximate surface area is 218 Å². The maximum absolute atomic E-state index is 14.3. The van der Waals surface area contributed by atoms with Crippen LogP contribution in [0, 0.1) is 11.7 Å². The summed E-state index contributed by atoms with van der Waals surface area (Å²) in [5.74, 6) is -0.799. The summed E-state index contributed by atoms with van der Waals surface area (Å²) >= 11 is 1.37. The van der Waals surface area contributed by atoms with Crippen LogP contribution in [0.2, 0.25) is 0 Å². The molecular formula is C25H30FN7O3S. The fourth-order valence-electron chi connectivity index (χ4n) is 3.93. The van der Waals surface area contributed by atoms with Gasteiger partial charge in [-0.3, -0.25) is 14.6 Å². The van der Waals surface area contributed by atoms with Gasteiger partial charge in [0.1, 0.15) is 28.4 Å². The fourth-order valence-corrected chi connectivity index (χ4v) is 4.74. The second kappa shape index (κ2) is 11.7. The fraction of sp³-hybridized carbons (Fsp3) is 0.440. The number of rotatable bonds is 11. The number of hydrogen-bond acceptors (Lipinski definition) is 10. The van der Waals surface area contributed by atoms with E-state index in [1.807, 2.05) is 12.1 Å². The largest absolute Gasteiger partial charge is 0.454 e. The number of ether oxygens (including phenoxy) is 1. The van der Waals surface area contributed by atoms with Crippen molar-refractivity contribution >= 4 is 29.0 Å². The average Bonchev–Trinajstić information content (AvgIpc) is 3.35. The number of nitrogens with one attached hydrogen (secondary N) is 2. The molecule has 3 heterocycles. The van der Waals surface area contributed by atoms with Crippen LogP contribution in [-0.2, 0) is 26.3 Å². The van der Waals surface area contributed by atoms with E-state index in [-0.39, 0.29) is 30.3 Å². The molecule has 12 heteroatoms. The molecule has 4 N–H and O–H groups in total. The highest BCUT2D eigenvalue weighted by Crippen LogP contribution is 2.43. The standard InChI is InChI=1S/C25H30FN7O3S/c1-15(2)21(27)24(35)36-13-20(34)29-11-16-12-30-23(37-16)18-6-7-19(33-32-18)31-14-25(8-4-9-25)22-17(26)5-3-10-28-22/h3,5-7,10,12,15,21H,4,8-9,11,13-14,27H2,1-2H3,(H,29,34)(H,31,33). The number of anilines is 1. The van der Waals surface area contributed by atoms with Gasteiger partial charge < -0.3 is 21.1 Å². The maximum Gasteiger partial charge on any atom is 0.323 e. The highest BCUT2D eigenvalue weighted by molar-refractivity contribution is 7.15. The van der Waals surface area contributed by atoms with Crippen LogP contribution in [0.1, 0.15) is 43.7 Å². The summed E-state index contributed by atoms with van der Waals surface area (Å²) in [4.78, 5) is 33.2. The molecule has 0 spiro atoms. The number of carbonyl (C=O) groups excluding carboxylic acids is 2. The number of nitrogens with zero attached hydrogens (tertiary/aromatic N) is 4. The van der Waals surface area contributed by atoms with Crippen LogP contribution >= 0.6 is 11.3 Å². The first-order valence-electron chi connectivity index (χ1n) is 12.1. The molecule has 196 valence electrons. The Balaban J connectivity index is 1.27. The van der Waals surface area contributed by atoms with E-state index >= 15 is 0 Å². The molecule has 1 aliphatic carbocycles. The second-order valence-corrected chi connectivity index (χ2v) is 10.5. The molecule has 0 aliphatic heterocycles. The van der Waals surface area contributed by atoms with Crippen molar-refractivity contribution in [1.82, 2.24) is 25.5 Å². The summed E-state index contributed by atoms with van der Waals surface area (Å²) in [6.07, 6.45) is 6.04. The Morgan fingerprint density at radius 3 is 2.68 bits per heavy atom. The van der Waals surface area contributed by atoms with Crippen molar-refractivity contribution in [2.75, 3.05) is 18.5 Å². The molecule has 1 fully saturated rings. The Hall–Kier alpha value is -3.51. The first-order chi connectivity index (χ1) is 17.8. The number of nitrogens with two attached hydrogens (primary N) is 1. The lowest BCUT2D eigenvalue weighted by Gasteiger charge is -2.41. The molecule has 1 aliphatic rings. The highest BCUT2D eigenvalue weighted by Gasteiger charge is 2.41. The van der Waals surface area contributed by atoms with E-state index in [2.05, 4.69) is 30.8 Å². The Morgan fingerprint density at radius 2 is 2.03 bits per heavy atom. The van der Waals surface area contributed by atoms with Crippen LogP contribution in [0.3, 0.4) is 0 Å². The van der Waals surface area contributed by atoms with Crippen LogP contribution in [0.15, 0.2) is 36.7 Å². The van der Waals surface area contributed by atoms with Gasteiger partial charge in [0.2, 0.25) is 0 Å². The van der Waals surface area contributed by atoms with E-state index in [1.54, 1.807) is 32.3 Å². The molecule has 1 saturated carbocycles. The van der Waals surface area contributed by atoms with Gasteiger partial charge in [-0.2, -0.15) is 0 Å². The monoisotopic (exact) mass is 527 g/mol. The predicted octanol–water partition coefficient (Wildman–Crippen LogP) is 2.81. The van der Waals surface area contributed by atoms with Crippen molar-refractivity contribution in [3.63, 3.8) is 0 Å². The van der Waals surface area contributed by atoms with E-state index < -0.39 is 17.9 Å². The molecule has 0 saturated heterocycles. The normalized spacial score (nSPS) is 15.1. The quantitative estimate of drug-likeness (QED) is 0.321. The van der Waals surface area contributed by atoms with Crippen molar-refractivity contribution in [1.29, 1.82) is 0 Å². The molecule has 37 heavy (non-hydrogen) atoms. The van der Waals surface area contributed by atoms with Crippen molar-refractivity contribution in [3.8, 4) is 10.7 Å². The molecule has 3 aromatic rings. The van der Waals surface area contributed by atoms with Crippen LogP contribution in [0.25, 0.3) is 10.7 Å². The lowest BCUT2D eigenvalue weighted by molar-refractivity contribution is -0.150. The number of thiazole rings is 1. The highest BCUT2D eigenvalue weighted by atomic mass is 32.1. The van der Waals surface area contributed by atoms with Gasteiger partial charge in [0.15, 0.2) is 6.61 Å². The minimum Gasteiger partial charge on any atom is -0.454 e. The Kier molecular flexibility index (Phi) is 8.39. The summed E-state index contributed by atoms with van der Waals surface area (Å²) in [7, 11) is 0. The first kappa shape index (κ1) is 26.6. The van der Waals surface area contributed by atoms with Crippen molar-refractivity contribution in [3.05, 3.63) is 53.0 Å². The van der Waals surface area contributed by atoms with Crippen LogP contribution in [-0.4, -0.2) is 51.2 Å². The molecule has 4 rings (SSSR count). The van der Waals surface area contributed by atoms with Gasteiger partial charge in [-0.15, -0.1) is 21.5 Å². The minimum atomic E-state index is -0.761. The molecule has 1 unspecified atom stereocenters. The zero-order valence-electron chi connectivity index (χ0n) is 20.7. The van der Waals surface area contributed by atoms with Crippen molar-refractivity contribution < 1.29 is 18.7 Å². The number of pyridine rings is 1. The smallest absolute Gasteiger partial charge is 0.323 e. The maximum atomic E-state index is 14.3. The summed E-state index contributed by atoms with van der Waals surface area (Å²) < 4.78 is 19.3. The molecule has 0 bridgehead atoms. The van der Waals surface area contributed by atoms with Gasteiger partial charge in [-0.25, -0.2) is 9.37 Å². The summed E-state index contributed by atoms with van der Waals surface area (Å²) in [5.41, 5.74) is 6.47. The Bertz CT molecular complexity index is 1230. The summed E-state index contributed by atoms with van der Waals surface area (Å²) in [5, 5.41) is 15.1. The first-order valence-corrected chi connectivity index (χ1v) is 12.9. The zero-order valence-corrected chi connectivity index (χ0v) is 21.6. The number of hydrogen-bond donors (Lipinski definition) is 3. The molecule has 10 nitrogen and oxygen atoms in total. The van der Waals surface area contributed by atoms with E-state index in [0.29, 0.717) is 28.8 Å². The number of amides is 1. The lowest BCUT2D eigenvalue weighted by Crippen LogP contribution is -2.42. The zero-order chi connectivity index (χ0) is 26.4. The van der Waals surface area contributed by atoms with E-state index in [4.69, 9.17) is 10.5 Å². The van der Waals surface area contributed by atoms with Crippen LogP contribution in [0.4, 0.5) is 10.2 Å². The average molecular weight is 528 g/mol. The van der Waals surface area contributed by atoms with Gasteiger partial charge in [-0.1, -0.05) is 20.3 Å². The molecule has 1 amide bonds. The van der Waals surface area contributed by atoms with Gasteiger partial charge in [0.25, 0.3) is 5.91 Å². The minimum absolute atomic E-state index is 0.0744. The molecule has 3 aromatic heterocycles. The molecule has 0 radical (unpaired) electrons. The molecule has 1 atom stereocenters. The third-order valence-electron chi connectivity index (χ3n) is 6.41. The van der Waals surface area contributed by atoms with Crippen LogP contribution in [0.5, 0.6) is 0 Å². The topological polar surface area (TPSA) is 145 Å². The third-order valence-corrected chi connectivity index (χ3v) is 7.43. The third kappa shape index (κ3) is 6.44. The van der Waals surface area contributed by atoms with E-state index in [0.717, 1.165) is 24.1 Å². The lowest BCUT2D eigenvalue weighted by atomic mass is 9.66. The second-order valence-electron chi connectivity index (χ2n) is 9.41. The van der Waals surface area contributed by atoms with Gasteiger partial charge in [0, 0.05) is 29.2 Å². The summed E-state index contributed by atoms with van der Waals surface area (Å²) in [6, 6.07) is 5.90. The number of halogens is 1. The number of aromatic nitrogens is 4. The summed E-state index contributed by atoms with van der Waals surface area (Å²) in [6.45, 7) is 3.98. The van der Waals surface area contributed by atoms with Crippen LogP contribution < -0.4 is 16.4 Å². The molecular weight excluding hydrogens is 497 g/mol. The van der Waals surface area contributed by atoms with E-state index in [1.165, 1.54) is 17.4 Å². The predicted molar refractivity (Wildman–Crippen MR) is 137 cm³/mol. The van der Waals surface area contributed by atoms with Gasteiger partial charge in [-0.05, 0) is 43.0 Å². The number of esters is 1.